The molecule has 0 radical (unpaired) electrons. The number of hydrogen-bond acceptors (Lipinski definition) is 5. The zero-order valence-electron chi connectivity index (χ0n) is 13.3. The minimum atomic E-state index is -0.622. The fourth-order valence-electron chi connectivity index (χ4n) is 3.25. The highest BCUT2D eigenvalue weighted by molar-refractivity contribution is 5.97. The highest BCUT2D eigenvalue weighted by atomic mass is 16.2. The van der Waals surface area contributed by atoms with Gasteiger partial charge in [0.2, 0.25) is 0 Å². The molecule has 1 saturated heterocycles. The maximum Gasteiger partial charge on any atom is 0.327 e. The maximum absolute atomic E-state index is 12.9. The van der Waals surface area contributed by atoms with Crippen LogP contribution in [-0.4, -0.2) is 48.1 Å². The number of fused-ring (bicyclic) bond motifs is 1. The lowest BCUT2D eigenvalue weighted by molar-refractivity contribution is 0.0721. The van der Waals surface area contributed by atoms with Gasteiger partial charge in [-0.1, -0.05) is 0 Å². The van der Waals surface area contributed by atoms with E-state index >= 15 is 0 Å². The fourth-order valence-corrected chi connectivity index (χ4v) is 3.25. The number of aromatic nitrogens is 5. The minimum absolute atomic E-state index is 0.0527. The number of carbonyl (C=O) groups excluding carboxylic acids is 1. The quantitative estimate of drug-likeness (QED) is 0.702. The van der Waals surface area contributed by atoms with Gasteiger partial charge in [0.05, 0.1) is 23.5 Å². The molecule has 2 N–H and O–H groups in total. The van der Waals surface area contributed by atoms with E-state index in [4.69, 9.17) is 0 Å². The average Bonchev–Trinajstić information content (AvgIpc) is 3.26. The Balaban J connectivity index is 1.64. The summed E-state index contributed by atoms with van der Waals surface area (Å²) in [4.78, 5) is 46.5. The number of nitrogens with zero attached hydrogens (tertiary/aromatic N) is 4. The molecule has 25 heavy (non-hydrogen) atoms. The molecule has 1 aliphatic heterocycles. The molecule has 3 aromatic rings. The first-order valence-corrected chi connectivity index (χ1v) is 8.02. The van der Waals surface area contributed by atoms with Crippen molar-refractivity contribution in [3.63, 3.8) is 0 Å². The number of nitrogens with one attached hydrogen (secondary N) is 2. The van der Waals surface area contributed by atoms with Crippen molar-refractivity contribution in [1.82, 2.24) is 29.6 Å². The summed E-state index contributed by atoms with van der Waals surface area (Å²) >= 11 is 0. The molecule has 4 rings (SSSR count). The molecule has 1 aliphatic rings. The van der Waals surface area contributed by atoms with Crippen LogP contribution in [-0.2, 0) is 6.54 Å². The van der Waals surface area contributed by atoms with Crippen LogP contribution in [0.4, 0.5) is 0 Å². The van der Waals surface area contributed by atoms with Crippen molar-refractivity contribution in [2.75, 3.05) is 6.54 Å². The second-order valence-electron chi connectivity index (χ2n) is 6.05. The summed E-state index contributed by atoms with van der Waals surface area (Å²) < 4.78 is 1.81. The van der Waals surface area contributed by atoms with Gasteiger partial charge in [-0.15, -0.1) is 0 Å². The van der Waals surface area contributed by atoms with Crippen LogP contribution in [0.15, 0.2) is 40.3 Å². The van der Waals surface area contributed by atoms with Gasteiger partial charge in [-0.2, -0.15) is 5.10 Å². The van der Waals surface area contributed by atoms with E-state index in [0.717, 1.165) is 12.8 Å². The third-order valence-corrected chi connectivity index (χ3v) is 4.43. The zero-order valence-corrected chi connectivity index (χ0v) is 13.3. The van der Waals surface area contributed by atoms with E-state index < -0.39 is 11.2 Å². The second kappa shape index (κ2) is 6.00. The molecule has 1 fully saturated rings. The monoisotopic (exact) mass is 340 g/mol. The fraction of sp³-hybridized carbons (Fsp3) is 0.312. The Morgan fingerprint density at radius 1 is 1.32 bits per heavy atom. The summed E-state index contributed by atoms with van der Waals surface area (Å²) in [6.45, 7) is 1.29. The Morgan fingerprint density at radius 3 is 3.00 bits per heavy atom. The van der Waals surface area contributed by atoms with Crippen molar-refractivity contribution in [3.8, 4) is 0 Å². The third kappa shape index (κ3) is 2.84. The maximum atomic E-state index is 12.9. The van der Waals surface area contributed by atoms with Gasteiger partial charge in [0.1, 0.15) is 5.65 Å². The summed E-state index contributed by atoms with van der Waals surface area (Å²) in [6.07, 6.45) is 6.80. The molecule has 3 aromatic heterocycles. The van der Waals surface area contributed by atoms with Gasteiger partial charge >= 0.3 is 5.69 Å². The van der Waals surface area contributed by atoms with Gasteiger partial charge in [0, 0.05) is 25.1 Å². The molecular weight excluding hydrogens is 324 g/mol. The molecule has 128 valence electrons. The molecule has 0 saturated carbocycles. The molecule has 0 unspecified atom stereocenters. The van der Waals surface area contributed by atoms with Crippen LogP contribution in [0.5, 0.6) is 0 Å². The molecule has 9 nitrogen and oxygen atoms in total. The summed E-state index contributed by atoms with van der Waals surface area (Å²) in [7, 11) is 0. The zero-order chi connectivity index (χ0) is 17.4. The molecule has 4 heterocycles. The first-order valence-electron chi connectivity index (χ1n) is 8.02. The number of pyridine rings is 1. The van der Waals surface area contributed by atoms with Crippen molar-refractivity contribution in [3.05, 3.63) is 57.1 Å². The van der Waals surface area contributed by atoms with Crippen LogP contribution < -0.4 is 11.2 Å². The number of amides is 1. The summed E-state index contributed by atoms with van der Waals surface area (Å²) in [6, 6.07) is 3.38. The van der Waals surface area contributed by atoms with Crippen molar-refractivity contribution in [1.29, 1.82) is 0 Å². The van der Waals surface area contributed by atoms with Crippen molar-refractivity contribution in [2.24, 2.45) is 0 Å². The summed E-state index contributed by atoms with van der Waals surface area (Å²) in [5.41, 5.74) is -0.685. The topological polar surface area (TPSA) is 117 Å². The van der Waals surface area contributed by atoms with Crippen LogP contribution in [0.25, 0.3) is 11.0 Å². The van der Waals surface area contributed by atoms with E-state index in [0.29, 0.717) is 18.7 Å². The van der Waals surface area contributed by atoms with Gasteiger partial charge in [-0.25, -0.2) is 9.78 Å². The lowest BCUT2D eigenvalue weighted by Crippen LogP contribution is -2.38. The summed E-state index contributed by atoms with van der Waals surface area (Å²) in [5, 5.41) is 4.38. The van der Waals surface area contributed by atoms with Gasteiger partial charge in [-0.3, -0.25) is 24.2 Å². The Kier molecular flexibility index (Phi) is 3.68. The molecule has 1 amide bonds. The predicted octanol–water partition coefficient (Wildman–Crippen LogP) is 0.113. The largest absolute Gasteiger partial charge is 0.334 e. The van der Waals surface area contributed by atoms with E-state index in [1.165, 1.54) is 12.3 Å². The highest BCUT2D eigenvalue weighted by Crippen LogP contribution is 2.21. The number of rotatable bonds is 3. The molecule has 1 atom stereocenters. The predicted molar refractivity (Wildman–Crippen MR) is 89.3 cm³/mol. The van der Waals surface area contributed by atoms with Crippen LogP contribution >= 0.6 is 0 Å². The van der Waals surface area contributed by atoms with E-state index in [-0.39, 0.29) is 23.0 Å². The van der Waals surface area contributed by atoms with E-state index in [1.807, 2.05) is 16.9 Å². The third-order valence-electron chi connectivity index (χ3n) is 4.43. The van der Waals surface area contributed by atoms with Crippen LogP contribution in [0, 0.1) is 0 Å². The van der Waals surface area contributed by atoms with Crippen molar-refractivity contribution < 1.29 is 4.79 Å². The molecule has 0 bridgehead atoms. The van der Waals surface area contributed by atoms with Gasteiger partial charge in [-0.05, 0) is 25.0 Å². The average molecular weight is 340 g/mol. The standard InChI is InChI=1S/C16H16N6O3/c23-14-12-7-10(8-17-13(12)19-16(25)20-14)15(24)22-6-1-3-11(22)9-21-5-2-4-18-21/h2,4-5,7-8,11H,1,3,6,9H2,(H2,17,19,20,23,25)/t11-/m0/s1. The Morgan fingerprint density at radius 2 is 2.20 bits per heavy atom. The van der Waals surface area contributed by atoms with Crippen LogP contribution in [0.2, 0.25) is 0 Å². The number of carbonyl (C=O) groups is 1. The molecule has 0 spiro atoms. The minimum Gasteiger partial charge on any atom is -0.334 e. The molecule has 0 aliphatic carbocycles. The molecule has 0 aromatic carbocycles. The van der Waals surface area contributed by atoms with Gasteiger partial charge < -0.3 is 4.90 Å². The van der Waals surface area contributed by atoms with Gasteiger partial charge in [0.25, 0.3) is 11.5 Å². The number of aromatic amines is 2. The Labute approximate surface area is 141 Å². The summed E-state index contributed by atoms with van der Waals surface area (Å²) in [5.74, 6) is -0.172. The van der Waals surface area contributed by atoms with E-state index in [1.54, 1.807) is 11.1 Å². The Hall–Kier alpha value is -3.23. The molecular formula is C16H16N6O3. The van der Waals surface area contributed by atoms with Crippen LogP contribution in [0.3, 0.4) is 0 Å². The SMILES string of the molecule is O=C(c1cnc2[nH]c(=O)[nH]c(=O)c2c1)N1CCC[C@H]1Cn1cccn1. The smallest absolute Gasteiger partial charge is 0.327 e. The second-order valence-corrected chi connectivity index (χ2v) is 6.05. The number of likely N-dealkylation sites (tertiary alicyclic amines) is 1. The van der Waals surface area contributed by atoms with E-state index in [9.17, 15) is 14.4 Å². The van der Waals surface area contributed by atoms with Gasteiger partial charge in [0.15, 0.2) is 0 Å². The first-order chi connectivity index (χ1) is 12.1. The Bertz CT molecular complexity index is 1040. The van der Waals surface area contributed by atoms with Crippen molar-refractivity contribution >= 4 is 16.9 Å². The highest BCUT2D eigenvalue weighted by Gasteiger charge is 2.30. The number of hydrogen-bond donors (Lipinski definition) is 2. The first kappa shape index (κ1) is 15.3. The van der Waals surface area contributed by atoms with E-state index in [2.05, 4.69) is 20.1 Å². The lowest BCUT2D eigenvalue weighted by atomic mass is 10.1. The molecule has 9 heteroatoms. The van der Waals surface area contributed by atoms with Crippen LogP contribution in [0.1, 0.15) is 23.2 Å². The normalized spacial score (nSPS) is 17.3. The lowest BCUT2D eigenvalue weighted by Gasteiger charge is -2.24. The van der Waals surface area contributed by atoms with Crippen molar-refractivity contribution in [2.45, 2.75) is 25.4 Å². The number of H-pyrrole nitrogens is 2.